The molecule has 0 bridgehead atoms. The Kier molecular flexibility index (Phi) is 1.88. The van der Waals surface area contributed by atoms with E-state index < -0.39 is 0 Å². The lowest BCUT2D eigenvalue weighted by Crippen LogP contribution is -1.82. The standard InChI is InChI=1S/C10H11NOS/c1-6-7-4-3-5-8(11)9(7)13-10(6)12-2/h3-5H,11H2,1-2H3. The molecule has 3 heteroatoms. The third-order valence-corrected chi connectivity index (χ3v) is 3.45. The van der Waals surface area contributed by atoms with Crippen LogP contribution in [0.1, 0.15) is 5.56 Å². The first kappa shape index (κ1) is 8.38. The van der Waals surface area contributed by atoms with Crippen LogP contribution >= 0.6 is 11.3 Å². The van der Waals surface area contributed by atoms with Crippen molar-refractivity contribution in [1.82, 2.24) is 0 Å². The highest BCUT2D eigenvalue weighted by Crippen LogP contribution is 2.39. The van der Waals surface area contributed by atoms with Gasteiger partial charge in [-0.05, 0) is 13.0 Å². The Bertz CT molecular complexity index is 447. The Balaban J connectivity index is 2.83. The van der Waals surface area contributed by atoms with Gasteiger partial charge in [-0.3, -0.25) is 0 Å². The van der Waals surface area contributed by atoms with Gasteiger partial charge in [-0.25, -0.2) is 0 Å². The number of methoxy groups -OCH3 is 1. The van der Waals surface area contributed by atoms with Gasteiger partial charge in [0, 0.05) is 16.6 Å². The van der Waals surface area contributed by atoms with Crippen LogP contribution in [-0.2, 0) is 0 Å². The van der Waals surface area contributed by atoms with E-state index in [1.807, 2.05) is 12.1 Å². The average Bonchev–Trinajstić information content (AvgIpc) is 2.45. The Morgan fingerprint density at radius 1 is 1.38 bits per heavy atom. The monoisotopic (exact) mass is 193 g/mol. The number of nitrogens with two attached hydrogens (primary N) is 1. The predicted molar refractivity (Wildman–Crippen MR) is 57.5 cm³/mol. The largest absolute Gasteiger partial charge is 0.487 e. The van der Waals surface area contributed by atoms with Gasteiger partial charge in [0.05, 0.1) is 11.8 Å². The van der Waals surface area contributed by atoms with Gasteiger partial charge >= 0.3 is 0 Å². The summed E-state index contributed by atoms with van der Waals surface area (Å²) in [5.41, 5.74) is 7.85. The summed E-state index contributed by atoms with van der Waals surface area (Å²) >= 11 is 1.60. The molecule has 2 nitrogen and oxygen atoms in total. The maximum absolute atomic E-state index is 5.85. The number of nitrogen functional groups attached to an aromatic ring is 1. The van der Waals surface area contributed by atoms with Crippen LogP contribution in [-0.4, -0.2) is 7.11 Å². The third-order valence-electron chi connectivity index (χ3n) is 2.14. The van der Waals surface area contributed by atoms with E-state index >= 15 is 0 Å². The van der Waals surface area contributed by atoms with Gasteiger partial charge in [-0.15, -0.1) is 0 Å². The number of thiophene rings is 1. The van der Waals surface area contributed by atoms with Crippen molar-refractivity contribution in [2.45, 2.75) is 6.92 Å². The minimum atomic E-state index is 0.828. The summed E-state index contributed by atoms with van der Waals surface area (Å²) in [6, 6.07) is 5.95. The third kappa shape index (κ3) is 1.16. The van der Waals surface area contributed by atoms with Gasteiger partial charge in [-0.2, -0.15) is 0 Å². The fraction of sp³-hybridized carbons (Fsp3) is 0.200. The molecule has 0 aliphatic heterocycles. The van der Waals surface area contributed by atoms with Crippen molar-refractivity contribution in [3.05, 3.63) is 23.8 Å². The van der Waals surface area contributed by atoms with Gasteiger partial charge < -0.3 is 10.5 Å². The Hall–Kier alpha value is -1.22. The molecule has 1 aromatic heterocycles. The molecule has 0 aliphatic carbocycles. The molecule has 0 radical (unpaired) electrons. The molecule has 1 heterocycles. The topological polar surface area (TPSA) is 35.2 Å². The minimum absolute atomic E-state index is 0.828. The highest BCUT2D eigenvalue weighted by atomic mass is 32.1. The summed E-state index contributed by atoms with van der Waals surface area (Å²) in [5.74, 6) is 0. The first-order valence-electron chi connectivity index (χ1n) is 4.05. The molecular formula is C10H11NOS. The maximum Gasteiger partial charge on any atom is 0.177 e. The second kappa shape index (κ2) is 2.92. The number of anilines is 1. The Morgan fingerprint density at radius 3 is 2.77 bits per heavy atom. The summed E-state index contributed by atoms with van der Waals surface area (Å²) in [5, 5.41) is 2.15. The molecule has 0 atom stereocenters. The Labute approximate surface area is 80.9 Å². The zero-order valence-electron chi connectivity index (χ0n) is 7.63. The van der Waals surface area contributed by atoms with Crippen LogP contribution in [0.3, 0.4) is 0 Å². The summed E-state index contributed by atoms with van der Waals surface area (Å²) in [7, 11) is 1.69. The summed E-state index contributed by atoms with van der Waals surface area (Å²) in [4.78, 5) is 0. The van der Waals surface area contributed by atoms with Gasteiger partial charge in [-0.1, -0.05) is 23.5 Å². The molecule has 0 amide bonds. The summed E-state index contributed by atoms with van der Waals surface area (Å²) in [6.07, 6.45) is 0. The van der Waals surface area contributed by atoms with Gasteiger partial charge in [0.1, 0.15) is 0 Å². The second-order valence-electron chi connectivity index (χ2n) is 2.94. The number of benzene rings is 1. The van der Waals surface area contributed by atoms with Crippen LogP contribution in [0.5, 0.6) is 5.06 Å². The number of rotatable bonds is 1. The second-order valence-corrected chi connectivity index (χ2v) is 3.93. The molecule has 68 valence electrons. The van der Waals surface area contributed by atoms with E-state index in [1.54, 1.807) is 18.4 Å². The van der Waals surface area contributed by atoms with Crippen LogP contribution in [0.15, 0.2) is 18.2 Å². The zero-order chi connectivity index (χ0) is 9.42. The molecule has 1 aromatic carbocycles. The fourth-order valence-corrected chi connectivity index (χ4v) is 2.49. The van der Waals surface area contributed by atoms with Crippen molar-refractivity contribution >= 4 is 27.1 Å². The van der Waals surface area contributed by atoms with Crippen molar-refractivity contribution in [3.63, 3.8) is 0 Å². The lowest BCUT2D eigenvalue weighted by Gasteiger charge is -1.94. The number of aryl methyl sites for hydroxylation is 1. The number of hydrogen-bond donors (Lipinski definition) is 1. The molecule has 2 N–H and O–H groups in total. The molecule has 13 heavy (non-hydrogen) atoms. The van der Waals surface area contributed by atoms with Gasteiger partial charge in [0.25, 0.3) is 0 Å². The molecule has 0 spiro atoms. The van der Waals surface area contributed by atoms with Crippen molar-refractivity contribution < 1.29 is 4.74 Å². The number of fused-ring (bicyclic) bond motifs is 1. The summed E-state index contributed by atoms with van der Waals surface area (Å²) < 4.78 is 6.37. The average molecular weight is 193 g/mol. The lowest BCUT2D eigenvalue weighted by molar-refractivity contribution is 0.425. The first-order valence-corrected chi connectivity index (χ1v) is 4.87. The van der Waals surface area contributed by atoms with Crippen LogP contribution < -0.4 is 10.5 Å². The van der Waals surface area contributed by atoms with Gasteiger partial charge in [0.2, 0.25) is 0 Å². The van der Waals surface area contributed by atoms with Crippen molar-refractivity contribution in [2.24, 2.45) is 0 Å². The molecule has 0 saturated carbocycles. The number of hydrogen-bond acceptors (Lipinski definition) is 3. The molecule has 0 aliphatic rings. The molecule has 0 saturated heterocycles. The van der Waals surface area contributed by atoms with E-state index in [0.717, 1.165) is 15.5 Å². The van der Waals surface area contributed by atoms with Crippen molar-refractivity contribution in [2.75, 3.05) is 12.8 Å². The number of ether oxygens (including phenoxy) is 1. The molecule has 0 fully saturated rings. The minimum Gasteiger partial charge on any atom is -0.487 e. The Morgan fingerprint density at radius 2 is 2.15 bits per heavy atom. The van der Waals surface area contributed by atoms with Crippen LogP contribution in [0, 0.1) is 6.92 Å². The molecular weight excluding hydrogens is 182 g/mol. The molecule has 2 rings (SSSR count). The SMILES string of the molecule is COc1sc2c(N)cccc2c1C. The van der Waals surface area contributed by atoms with Crippen molar-refractivity contribution in [1.29, 1.82) is 0 Å². The normalized spacial score (nSPS) is 10.6. The lowest BCUT2D eigenvalue weighted by atomic mass is 10.2. The highest BCUT2D eigenvalue weighted by Gasteiger charge is 2.09. The van der Waals surface area contributed by atoms with E-state index in [4.69, 9.17) is 10.5 Å². The van der Waals surface area contributed by atoms with Gasteiger partial charge in [0.15, 0.2) is 5.06 Å². The van der Waals surface area contributed by atoms with E-state index in [-0.39, 0.29) is 0 Å². The van der Waals surface area contributed by atoms with E-state index in [0.29, 0.717) is 0 Å². The molecule has 2 aromatic rings. The van der Waals surface area contributed by atoms with Crippen molar-refractivity contribution in [3.8, 4) is 5.06 Å². The van der Waals surface area contributed by atoms with E-state index in [1.165, 1.54) is 10.9 Å². The van der Waals surface area contributed by atoms with Crippen LogP contribution in [0.2, 0.25) is 0 Å². The first-order chi connectivity index (χ1) is 6.24. The fourth-order valence-electron chi connectivity index (χ4n) is 1.44. The summed E-state index contributed by atoms with van der Waals surface area (Å²) in [6.45, 7) is 2.05. The van der Waals surface area contributed by atoms with E-state index in [9.17, 15) is 0 Å². The zero-order valence-corrected chi connectivity index (χ0v) is 8.44. The van der Waals surface area contributed by atoms with Crippen LogP contribution in [0.25, 0.3) is 10.1 Å². The van der Waals surface area contributed by atoms with E-state index in [2.05, 4.69) is 13.0 Å². The predicted octanol–water partition coefficient (Wildman–Crippen LogP) is 2.80. The highest BCUT2D eigenvalue weighted by molar-refractivity contribution is 7.21. The molecule has 0 unspecified atom stereocenters. The smallest absolute Gasteiger partial charge is 0.177 e. The quantitative estimate of drug-likeness (QED) is 0.707. The maximum atomic E-state index is 5.85. The van der Waals surface area contributed by atoms with Crippen LogP contribution in [0.4, 0.5) is 5.69 Å².